The highest BCUT2D eigenvalue weighted by Crippen LogP contribution is 2.06. The van der Waals surface area contributed by atoms with Gasteiger partial charge in [0.15, 0.2) is 5.78 Å². The molecule has 0 unspecified atom stereocenters. The first-order valence-corrected chi connectivity index (χ1v) is 5.30. The average Bonchev–Trinajstić information content (AvgIpc) is 2.32. The quantitative estimate of drug-likeness (QED) is 0.492. The fraction of sp³-hybridized carbons (Fsp3) is 0.636. The van der Waals surface area contributed by atoms with Gasteiger partial charge in [0.25, 0.3) is 0 Å². The van der Waals surface area contributed by atoms with Crippen LogP contribution in [0.5, 0.6) is 0 Å². The maximum atomic E-state index is 10.3. The van der Waals surface area contributed by atoms with Crippen molar-refractivity contribution >= 4 is 11.5 Å². The summed E-state index contributed by atoms with van der Waals surface area (Å²) >= 11 is 0. The van der Waals surface area contributed by atoms with E-state index in [2.05, 4.69) is 5.16 Å². The number of ether oxygens (including phenoxy) is 1. The molecular formula is C11H17NO3. The summed E-state index contributed by atoms with van der Waals surface area (Å²) in [6, 6.07) is 0. The predicted molar refractivity (Wildman–Crippen MR) is 57.3 cm³/mol. The molecule has 1 fully saturated rings. The minimum atomic E-state index is 0.242. The Kier molecular flexibility index (Phi) is 5.70. The molecule has 1 aliphatic carbocycles. The van der Waals surface area contributed by atoms with E-state index in [4.69, 9.17) is 9.94 Å². The Bertz CT molecular complexity index is 251. The lowest BCUT2D eigenvalue weighted by molar-refractivity contribution is -0.126. The molecule has 1 aliphatic heterocycles. The Morgan fingerprint density at radius 3 is 2.53 bits per heavy atom. The van der Waals surface area contributed by atoms with E-state index >= 15 is 0 Å². The molecule has 0 bridgehead atoms. The summed E-state index contributed by atoms with van der Waals surface area (Å²) in [7, 11) is 0. The number of hydrogen-bond donors (Lipinski definition) is 1. The third-order valence-electron chi connectivity index (χ3n) is 2.25. The number of carbonyl (C=O) groups is 1. The van der Waals surface area contributed by atoms with Crippen molar-refractivity contribution in [1.29, 1.82) is 0 Å². The predicted octanol–water partition coefficient (Wildman–Crippen LogP) is 1.92. The zero-order valence-electron chi connectivity index (χ0n) is 8.82. The number of rotatable bonds is 0. The number of nitrogens with zero attached hydrogens (tertiary/aromatic N) is 1. The lowest BCUT2D eigenvalue weighted by Crippen LogP contribution is -2.15. The van der Waals surface area contributed by atoms with Gasteiger partial charge in [0, 0.05) is 13.0 Å². The Morgan fingerprint density at radius 1 is 1.33 bits per heavy atom. The summed E-state index contributed by atoms with van der Waals surface area (Å²) in [6.07, 6.45) is 8.70. The third kappa shape index (κ3) is 5.32. The summed E-state index contributed by atoms with van der Waals surface area (Å²) in [5.41, 5.74) is 0.802. The number of allylic oxidation sites excluding steroid dienone is 2. The molecule has 1 saturated heterocycles. The first-order chi connectivity index (χ1) is 7.33. The summed E-state index contributed by atoms with van der Waals surface area (Å²) in [5, 5.41) is 11.3. The largest absolute Gasteiger partial charge is 0.411 e. The zero-order chi connectivity index (χ0) is 10.9. The summed E-state index contributed by atoms with van der Waals surface area (Å²) in [6.45, 7) is 1.12. The van der Waals surface area contributed by atoms with Crippen molar-refractivity contribution < 1.29 is 14.7 Å². The van der Waals surface area contributed by atoms with E-state index in [1.54, 1.807) is 0 Å². The number of ketones is 1. The van der Waals surface area contributed by atoms with Gasteiger partial charge < -0.3 is 9.94 Å². The lowest BCUT2D eigenvalue weighted by Gasteiger charge is -2.07. The molecule has 0 aromatic carbocycles. The number of oxime groups is 1. The monoisotopic (exact) mass is 211 g/mol. The zero-order valence-corrected chi connectivity index (χ0v) is 8.82. The maximum Gasteiger partial charge on any atom is 0.158 e. The van der Waals surface area contributed by atoms with Gasteiger partial charge >= 0.3 is 0 Å². The van der Waals surface area contributed by atoms with Crippen molar-refractivity contribution in [3.05, 3.63) is 12.2 Å². The van der Waals surface area contributed by atoms with E-state index in [9.17, 15) is 4.79 Å². The molecule has 0 atom stereocenters. The van der Waals surface area contributed by atoms with Gasteiger partial charge in [-0.2, -0.15) is 0 Å². The fourth-order valence-corrected chi connectivity index (χ4v) is 1.42. The fourth-order valence-electron chi connectivity index (χ4n) is 1.42. The summed E-state index contributed by atoms with van der Waals surface area (Å²) < 4.78 is 4.83. The Hall–Kier alpha value is -1.16. The highest BCUT2D eigenvalue weighted by molar-refractivity contribution is 5.94. The van der Waals surface area contributed by atoms with Gasteiger partial charge in [0.05, 0.1) is 5.71 Å². The van der Waals surface area contributed by atoms with Crippen LogP contribution < -0.4 is 0 Å². The van der Waals surface area contributed by atoms with Crippen molar-refractivity contribution in [2.75, 3.05) is 13.2 Å². The van der Waals surface area contributed by atoms with Crippen LogP contribution >= 0.6 is 0 Å². The van der Waals surface area contributed by atoms with Crippen molar-refractivity contribution in [2.24, 2.45) is 5.16 Å². The van der Waals surface area contributed by atoms with Crippen LogP contribution in [0.3, 0.4) is 0 Å². The number of carbonyl (C=O) groups excluding carboxylic acids is 1. The molecule has 4 nitrogen and oxygen atoms in total. The van der Waals surface area contributed by atoms with Gasteiger partial charge in [-0.15, -0.1) is 0 Å². The molecule has 2 rings (SSSR count). The molecule has 1 N–H and O–H groups in total. The van der Waals surface area contributed by atoms with Crippen molar-refractivity contribution in [3.63, 3.8) is 0 Å². The average molecular weight is 211 g/mol. The molecule has 0 aromatic rings. The first-order valence-electron chi connectivity index (χ1n) is 5.30. The van der Waals surface area contributed by atoms with Gasteiger partial charge in [-0.25, -0.2) is 0 Å². The molecule has 0 spiro atoms. The molecule has 84 valence electrons. The Balaban J connectivity index is 0.000000151. The van der Waals surface area contributed by atoms with Crippen molar-refractivity contribution in [1.82, 2.24) is 0 Å². The van der Waals surface area contributed by atoms with Crippen molar-refractivity contribution in [3.8, 4) is 0 Å². The standard InChI is InChI=1S/C6H9NO.C5H8O2/c8-7-6-4-2-1-3-5-6;6-5-2-1-3-7-4-5/h2,4,8H,1,3,5H2;1-4H2. The number of Topliss-reactive ketones (excluding diaryl/α,β-unsaturated/α-hetero) is 1. The molecule has 4 heteroatoms. The van der Waals surface area contributed by atoms with Crippen LogP contribution in [0.2, 0.25) is 0 Å². The summed E-state index contributed by atoms with van der Waals surface area (Å²) in [4.78, 5) is 10.3. The van der Waals surface area contributed by atoms with Crippen LogP contribution in [0.25, 0.3) is 0 Å². The number of hydrogen-bond acceptors (Lipinski definition) is 4. The molecular weight excluding hydrogens is 194 g/mol. The van der Waals surface area contributed by atoms with E-state index in [1.807, 2.05) is 12.2 Å². The normalized spacial score (nSPS) is 23.5. The SMILES string of the molecule is O=C1CCCOC1.ON=C1C=CCCC1. The van der Waals surface area contributed by atoms with Gasteiger partial charge in [0.1, 0.15) is 6.61 Å². The van der Waals surface area contributed by atoms with Crippen LogP contribution in [0.4, 0.5) is 0 Å². The lowest BCUT2D eigenvalue weighted by atomic mass is 10.1. The molecule has 0 saturated carbocycles. The highest BCUT2D eigenvalue weighted by atomic mass is 16.5. The smallest absolute Gasteiger partial charge is 0.158 e. The van der Waals surface area contributed by atoms with E-state index in [-0.39, 0.29) is 5.78 Å². The third-order valence-corrected chi connectivity index (χ3v) is 2.25. The van der Waals surface area contributed by atoms with Crippen LogP contribution in [-0.4, -0.2) is 29.9 Å². The molecule has 0 radical (unpaired) electrons. The van der Waals surface area contributed by atoms with E-state index in [0.717, 1.165) is 44.4 Å². The second kappa shape index (κ2) is 7.17. The minimum absolute atomic E-state index is 0.242. The van der Waals surface area contributed by atoms with Gasteiger partial charge in [-0.1, -0.05) is 11.2 Å². The van der Waals surface area contributed by atoms with Crippen LogP contribution in [0.1, 0.15) is 32.1 Å². The van der Waals surface area contributed by atoms with Crippen LogP contribution in [-0.2, 0) is 9.53 Å². The Labute approximate surface area is 89.6 Å². The molecule has 15 heavy (non-hydrogen) atoms. The second-order valence-electron chi connectivity index (χ2n) is 3.58. The topological polar surface area (TPSA) is 58.9 Å². The molecule has 2 aliphatic rings. The van der Waals surface area contributed by atoms with Gasteiger partial charge in [0.2, 0.25) is 0 Å². The van der Waals surface area contributed by atoms with Gasteiger partial charge in [-0.3, -0.25) is 4.79 Å². The van der Waals surface area contributed by atoms with Crippen molar-refractivity contribution in [2.45, 2.75) is 32.1 Å². The van der Waals surface area contributed by atoms with Crippen LogP contribution in [0.15, 0.2) is 17.3 Å². The first kappa shape index (κ1) is 11.9. The van der Waals surface area contributed by atoms with Crippen LogP contribution in [0, 0.1) is 0 Å². The van der Waals surface area contributed by atoms with E-state index < -0.39 is 0 Å². The van der Waals surface area contributed by atoms with E-state index in [1.165, 1.54) is 0 Å². The highest BCUT2D eigenvalue weighted by Gasteiger charge is 2.06. The maximum absolute atomic E-state index is 10.3. The summed E-state index contributed by atoms with van der Waals surface area (Å²) in [5.74, 6) is 0.242. The Morgan fingerprint density at radius 2 is 2.20 bits per heavy atom. The second-order valence-corrected chi connectivity index (χ2v) is 3.58. The molecule has 1 heterocycles. The van der Waals surface area contributed by atoms with Gasteiger partial charge in [-0.05, 0) is 31.8 Å². The molecule has 0 aromatic heterocycles. The van der Waals surface area contributed by atoms with E-state index in [0.29, 0.717) is 6.61 Å². The molecule has 0 amide bonds. The minimum Gasteiger partial charge on any atom is -0.411 e.